The SMILES string of the molecule is COc1cc(N)ccc1N=Nc1ccc(N)c(C)c1. The minimum Gasteiger partial charge on any atom is -0.494 e. The molecule has 0 fully saturated rings. The van der Waals surface area contributed by atoms with Crippen molar-refractivity contribution in [2.24, 2.45) is 10.2 Å². The van der Waals surface area contributed by atoms with Gasteiger partial charge in [0, 0.05) is 17.4 Å². The lowest BCUT2D eigenvalue weighted by molar-refractivity contribution is 0.416. The van der Waals surface area contributed by atoms with Crippen molar-refractivity contribution >= 4 is 22.7 Å². The molecule has 5 nitrogen and oxygen atoms in total. The van der Waals surface area contributed by atoms with Crippen LogP contribution in [-0.2, 0) is 0 Å². The molecule has 0 heterocycles. The molecule has 19 heavy (non-hydrogen) atoms. The zero-order chi connectivity index (χ0) is 13.8. The van der Waals surface area contributed by atoms with Gasteiger partial charge >= 0.3 is 0 Å². The smallest absolute Gasteiger partial charge is 0.148 e. The molecule has 0 aliphatic heterocycles. The van der Waals surface area contributed by atoms with Gasteiger partial charge in [-0.05, 0) is 42.8 Å². The van der Waals surface area contributed by atoms with Crippen LogP contribution in [0, 0.1) is 6.92 Å². The molecule has 2 rings (SSSR count). The summed E-state index contributed by atoms with van der Waals surface area (Å²) in [7, 11) is 1.57. The third-order valence-electron chi connectivity index (χ3n) is 2.73. The van der Waals surface area contributed by atoms with Gasteiger partial charge < -0.3 is 16.2 Å². The normalized spacial score (nSPS) is 10.8. The molecule has 0 aliphatic rings. The number of aryl methyl sites for hydroxylation is 1. The van der Waals surface area contributed by atoms with Gasteiger partial charge in [-0.2, -0.15) is 5.11 Å². The van der Waals surface area contributed by atoms with Gasteiger partial charge in [-0.15, -0.1) is 5.11 Å². The van der Waals surface area contributed by atoms with Gasteiger partial charge in [0.25, 0.3) is 0 Å². The largest absolute Gasteiger partial charge is 0.494 e. The molecule has 0 saturated carbocycles. The fourth-order valence-electron chi connectivity index (χ4n) is 1.61. The summed E-state index contributed by atoms with van der Waals surface area (Å²) in [5.74, 6) is 0.593. The summed E-state index contributed by atoms with van der Waals surface area (Å²) in [6.45, 7) is 1.93. The Morgan fingerprint density at radius 2 is 1.79 bits per heavy atom. The van der Waals surface area contributed by atoms with E-state index in [9.17, 15) is 0 Å². The lowest BCUT2D eigenvalue weighted by atomic mass is 10.2. The molecule has 4 N–H and O–H groups in total. The number of methoxy groups -OCH3 is 1. The molecule has 2 aromatic carbocycles. The van der Waals surface area contributed by atoms with Gasteiger partial charge in [0.2, 0.25) is 0 Å². The van der Waals surface area contributed by atoms with Gasteiger partial charge in [-0.25, -0.2) is 0 Å². The predicted octanol–water partition coefficient (Wildman–Crippen LogP) is 3.58. The number of nitrogens with two attached hydrogens (primary N) is 2. The standard InChI is InChI=1S/C14H16N4O/c1-9-7-11(4-5-12(9)16)17-18-13-6-3-10(15)8-14(13)19-2/h3-8H,15-16H2,1-2H3. The Hall–Kier alpha value is -2.56. The Balaban J connectivity index is 2.29. The lowest BCUT2D eigenvalue weighted by Crippen LogP contribution is -1.88. The Morgan fingerprint density at radius 1 is 1.00 bits per heavy atom. The van der Waals surface area contributed by atoms with Gasteiger partial charge in [0.05, 0.1) is 12.8 Å². The van der Waals surface area contributed by atoms with Crippen molar-refractivity contribution in [2.45, 2.75) is 6.92 Å². The molecule has 0 spiro atoms. The summed E-state index contributed by atoms with van der Waals surface area (Å²) >= 11 is 0. The van der Waals surface area contributed by atoms with E-state index in [0.29, 0.717) is 17.1 Å². The summed E-state index contributed by atoms with van der Waals surface area (Å²) < 4.78 is 5.20. The van der Waals surface area contributed by atoms with Gasteiger partial charge in [-0.3, -0.25) is 0 Å². The second-order valence-corrected chi connectivity index (χ2v) is 4.17. The number of hydrogen-bond donors (Lipinski definition) is 2. The minimum atomic E-state index is 0.593. The first kappa shape index (κ1) is 12.9. The summed E-state index contributed by atoms with van der Waals surface area (Å²) in [6.07, 6.45) is 0. The van der Waals surface area contributed by atoms with E-state index in [0.717, 1.165) is 16.9 Å². The molecule has 0 bridgehead atoms. The molecular weight excluding hydrogens is 240 g/mol. The van der Waals surface area contributed by atoms with Crippen LogP contribution in [0.1, 0.15) is 5.56 Å². The van der Waals surface area contributed by atoms with E-state index in [-0.39, 0.29) is 0 Å². The van der Waals surface area contributed by atoms with Crippen LogP contribution in [0.2, 0.25) is 0 Å². The van der Waals surface area contributed by atoms with E-state index in [2.05, 4.69) is 10.2 Å². The van der Waals surface area contributed by atoms with Crippen molar-refractivity contribution in [3.05, 3.63) is 42.0 Å². The molecule has 0 aliphatic carbocycles. The third kappa shape index (κ3) is 3.01. The molecule has 2 aromatic rings. The van der Waals surface area contributed by atoms with Crippen molar-refractivity contribution in [1.29, 1.82) is 0 Å². The highest BCUT2D eigenvalue weighted by Gasteiger charge is 2.02. The van der Waals surface area contributed by atoms with Crippen LogP contribution in [0.5, 0.6) is 5.75 Å². The summed E-state index contributed by atoms with van der Waals surface area (Å²) in [4.78, 5) is 0. The van der Waals surface area contributed by atoms with Crippen LogP contribution >= 0.6 is 0 Å². The van der Waals surface area contributed by atoms with Gasteiger partial charge in [-0.1, -0.05) is 0 Å². The van der Waals surface area contributed by atoms with Gasteiger partial charge in [0.15, 0.2) is 0 Å². The van der Waals surface area contributed by atoms with Crippen LogP contribution in [0.4, 0.5) is 22.7 Å². The van der Waals surface area contributed by atoms with Crippen molar-refractivity contribution in [2.75, 3.05) is 18.6 Å². The molecule has 0 saturated heterocycles. The molecule has 0 atom stereocenters. The average molecular weight is 256 g/mol. The van der Waals surface area contributed by atoms with E-state index >= 15 is 0 Å². The highest BCUT2D eigenvalue weighted by Crippen LogP contribution is 2.31. The minimum absolute atomic E-state index is 0.593. The maximum absolute atomic E-state index is 5.75. The van der Waals surface area contributed by atoms with Gasteiger partial charge in [0.1, 0.15) is 11.4 Å². The monoisotopic (exact) mass is 256 g/mol. The van der Waals surface area contributed by atoms with Crippen LogP contribution in [-0.4, -0.2) is 7.11 Å². The van der Waals surface area contributed by atoms with Crippen LogP contribution in [0.3, 0.4) is 0 Å². The fourth-order valence-corrected chi connectivity index (χ4v) is 1.61. The second-order valence-electron chi connectivity index (χ2n) is 4.17. The summed E-state index contributed by atoms with van der Waals surface area (Å²) in [5, 5.41) is 8.33. The quantitative estimate of drug-likeness (QED) is 0.650. The first-order valence-corrected chi connectivity index (χ1v) is 5.81. The zero-order valence-corrected chi connectivity index (χ0v) is 10.9. The van der Waals surface area contributed by atoms with E-state index in [1.807, 2.05) is 25.1 Å². The first-order chi connectivity index (χ1) is 9.10. The Kier molecular flexibility index (Phi) is 3.66. The molecule has 5 heteroatoms. The molecule has 0 aromatic heterocycles. The number of anilines is 2. The summed E-state index contributed by atoms with van der Waals surface area (Å²) in [6, 6.07) is 10.7. The lowest BCUT2D eigenvalue weighted by Gasteiger charge is -2.04. The van der Waals surface area contributed by atoms with E-state index in [1.165, 1.54) is 0 Å². The zero-order valence-electron chi connectivity index (χ0n) is 10.9. The predicted molar refractivity (Wildman–Crippen MR) is 77.2 cm³/mol. The Labute approximate surface area is 111 Å². The number of hydrogen-bond acceptors (Lipinski definition) is 5. The van der Waals surface area contributed by atoms with Crippen molar-refractivity contribution in [3.63, 3.8) is 0 Å². The number of nitrogens with zero attached hydrogens (tertiary/aromatic N) is 2. The van der Waals surface area contributed by atoms with Crippen molar-refractivity contribution in [3.8, 4) is 5.75 Å². The first-order valence-electron chi connectivity index (χ1n) is 5.81. The number of nitrogen functional groups attached to an aromatic ring is 2. The highest BCUT2D eigenvalue weighted by molar-refractivity contribution is 5.59. The molecule has 98 valence electrons. The average Bonchev–Trinajstić information content (AvgIpc) is 2.41. The maximum atomic E-state index is 5.75. The topological polar surface area (TPSA) is 86.0 Å². The van der Waals surface area contributed by atoms with E-state index < -0.39 is 0 Å². The van der Waals surface area contributed by atoms with E-state index in [1.54, 1.807) is 25.3 Å². The van der Waals surface area contributed by atoms with Crippen molar-refractivity contribution in [1.82, 2.24) is 0 Å². The second kappa shape index (κ2) is 5.39. The molecule has 0 radical (unpaired) electrons. The Bertz CT molecular complexity index is 623. The fraction of sp³-hybridized carbons (Fsp3) is 0.143. The summed E-state index contributed by atoms with van der Waals surface area (Å²) in [5.41, 5.74) is 15.1. The maximum Gasteiger partial charge on any atom is 0.148 e. The molecule has 0 amide bonds. The molecular formula is C14H16N4O. The van der Waals surface area contributed by atoms with Crippen LogP contribution < -0.4 is 16.2 Å². The third-order valence-corrected chi connectivity index (χ3v) is 2.73. The highest BCUT2D eigenvalue weighted by atomic mass is 16.5. The number of benzene rings is 2. The number of ether oxygens (including phenoxy) is 1. The number of rotatable bonds is 3. The van der Waals surface area contributed by atoms with Crippen LogP contribution in [0.25, 0.3) is 0 Å². The van der Waals surface area contributed by atoms with Crippen LogP contribution in [0.15, 0.2) is 46.6 Å². The number of azo groups is 1. The Morgan fingerprint density at radius 3 is 2.47 bits per heavy atom. The van der Waals surface area contributed by atoms with Crippen molar-refractivity contribution < 1.29 is 4.74 Å². The molecule has 0 unspecified atom stereocenters. The van der Waals surface area contributed by atoms with E-state index in [4.69, 9.17) is 16.2 Å².